The molecule has 0 aliphatic heterocycles. The van der Waals surface area contributed by atoms with Crippen molar-refractivity contribution in [1.82, 2.24) is 9.97 Å². The molecule has 0 atom stereocenters. The predicted octanol–water partition coefficient (Wildman–Crippen LogP) is 4.81. The average Bonchev–Trinajstić information content (AvgIpc) is 3.11. The maximum absolute atomic E-state index is 12.5. The largest absolute Gasteiger partial charge is 0.324 e. The number of amides is 2. The van der Waals surface area contributed by atoms with Crippen LogP contribution in [0.3, 0.4) is 0 Å². The highest BCUT2D eigenvalue weighted by molar-refractivity contribution is 7.22. The number of hydrogen-bond donors (Lipinski definition) is 2. The second kappa shape index (κ2) is 8.42. The van der Waals surface area contributed by atoms with E-state index in [2.05, 4.69) is 20.6 Å². The van der Waals surface area contributed by atoms with Crippen molar-refractivity contribution < 1.29 is 9.59 Å². The summed E-state index contributed by atoms with van der Waals surface area (Å²) in [6.07, 6.45) is 2.10. The van der Waals surface area contributed by atoms with Crippen LogP contribution in [0.2, 0.25) is 0 Å². The average molecular weight is 417 g/mol. The van der Waals surface area contributed by atoms with Gasteiger partial charge in [-0.05, 0) is 36.2 Å². The third-order valence-corrected chi connectivity index (χ3v) is 5.51. The van der Waals surface area contributed by atoms with Gasteiger partial charge in [-0.3, -0.25) is 14.6 Å². The second-order valence-electron chi connectivity index (χ2n) is 6.95. The number of carbonyl (C=O) groups excluding carboxylic acids is 2. The molecular weight excluding hydrogens is 396 g/mol. The number of hydrogen-bond acceptors (Lipinski definition) is 5. The molecule has 2 amide bonds. The molecule has 2 aromatic carbocycles. The van der Waals surface area contributed by atoms with Gasteiger partial charge in [0.15, 0.2) is 5.13 Å². The summed E-state index contributed by atoms with van der Waals surface area (Å²) in [5.74, 6) is -0.228. The van der Waals surface area contributed by atoms with Gasteiger partial charge in [0.25, 0.3) is 0 Å². The number of pyridine rings is 1. The van der Waals surface area contributed by atoms with Crippen LogP contribution >= 0.6 is 11.3 Å². The molecule has 30 heavy (non-hydrogen) atoms. The molecule has 2 N–H and O–H groups in total. The minimum atomic E-state index is -0.145. The standard InChI is InChI=1S/C23H20N4O2S/c1-14-20(26-22(29)10-16-6-4-3-5-7-16)11-18(13-24-14)17-8-9-19-21(12-17)30-23(27-19)25-15(2)28/h3-9,11-13H,10H2,1-2H3,(H,26,29)(H,25,27,28). The molecule has 7 heteroatoms. The number of anilines is 2. The second-order valence-corrected chi connectivity index (χ2v) is 7.98. The smallest absolute Gasteiger partial charge is 0.228 e. The Hall–Kier alpha value is -3.58. The molecule has 4 rings (SSSR count). The number of aromatic nitrogens is 2. The highest BCUT2D eigenvalue weighted by Gasteiger charge is 2.11. The van der Waals surface area contributed by atoms with Crippen LogP contribution in [0.4, 0.5) is 10.8 Å². The van der Waals surface area contributed by atoms with Crippen molar-refractivity contribution in [2.75, 3.05) is 10.6 Å². The van der Waals surface area contributed by atoms with Crippen LogP contribution in [0, 0.1) is 6.92 Å². The zero-order valence-electron chi connectivity index (χ0n) is 16.6. The van der Waals surface area contributed by atoms with E-state index < -0.39 is 0 Å². The van der Waals surface area contributed by atoms with Crippen molar-refractivity contribution in [3.8, 4) is 11.1 Å². The van der Waals surface area contributed by atoms with Crippen LogP contribution in [0.25, 0.3) is 21.3 Å². The minimum absolute atomic E-state index is 0.0823. The molecule has 0 spiro atoms. The van der Waals surface area contributed by atoms with Gasteiger partial charge in [-0.1, -0.05) is 47.7 Å². The fourth-order valence-corrected chi connectivity index (χ4v) is 4.05. The van der Waals surface area contributed by atoms with Gasteiger partial charge in [0.05, 0.1) is 28.0 Å². The number of nitrogens with one attached hydrogen (secondary N) is 2. The lowest BCUT2D eigenvalue weighted by molar-refractivity contribution is -0.116. The molecule has 0 fully saturated rings. The molecule has 0 aliphatic carbocycles. The van der Waals surface area contributed by atoms with Gasteiger partial charge < -0.3 is 10.6 Å². The van der Waals surface area contributed by atoms with Crippen LogP contribution in [-0.4, -0.2) is 21.8 Å². The summed E-state index contributed by atoms with van der Waals surface area (Å²) in [6.45, 7) is 3.33. The molecule has 6 nitrogen and oxygen atoms in total. The van der Waals surface area contributed by atoms with E-state index in [4.69, 9.17) is 0 Å². The van der Waals surface area contributed by atoms with Crippen LogP contribution in [0.15, 0.2) is 60.8 Å². The number of thiazole rings is 1. The van der Waals surface area contributed by atoms with Gasteiger partial charge in [-0.15, -0.1) is 0 Å². The molecule has 0 saturated heterocycles. The number of rotatable bonds is 5. The van der Waals surface area contributed by atoms with E-state index >= 15 is 0 Å². The fraction of sp³-hybridized carbons (Fsp3) is 0.130. The summed E-state index contributed by atoms with van der Waals surface area (Å²) < 4.78 is 0.964. The van der Waals surface area contributed by atoms with Gasteiger partial charge in [0, 0.05) is 18.7 Å². The molecule has 2 aromatic heterocycles. The van der Waals surface area contributed by atoms with E-state index in [1.54, 1.807) is 6.20 Å². The van der Waals surface area contributed by atoms with E-state index in [9.17, 15) is 9.59 Å². The first kappa shape index (κ1) is 19.7. The molecule has 0 aliphatic rings. The number of benzene rings is 2. The van der Waals surface area contributed by atoms with Crippen molar-refractivity contribution in [1.29, 1.82) is 0 Å². The fourth-order valence-electron chi connectivity index (χ4n) is 3.10. The topological polar surface area (TPSA) is 84.0 Å². The molecule has 4 aromatic rings. The Kier molecular flexibility index (Phi) is 5.54. The Morgan fingerprint density at radius 3 is 2.57 bits per heavy atom. The number of nitrogens with zero attached hydrogens (tertiary/aromatic N) is 2. The third-order valence-electron chi connectivity index (χ3n) is 4.57. The monoisotopic (exact) mass is 416 g/mol. The number of carbonyl (C=O) groups is 2. The Morgan fingerprint density at radius 1 is 1.00 bits per heavy atom. The Morgan fingerprint density at radius 2 is 1.80 bits per heavy atom. The van der Waals surface area contributed by atoms with Crippen LogP contribution in [0.5, 0.6) is 0 Å². The highest BCUT2D eigenvalue weighted by atomic mass is 32.1. The van der Waals surface area contributed by atoms with E-state index in [1.807, 2.05) is 61.5 Å². The maximum Gasteiger partial charge on any atom is 0.228 e. The third kappa shape index (κ3) is 4.52. The first-order chi connectivity index (χ1) is 14.5. The van der Waals surface area contributed by atoms with E-state index in [0.717, 1.165) is 32.6 Å². The first-order valence-electron chi connectivity index (χ1n) is 9.47. The molecule has 0 unspecified atom stereocenters. The lowest BCUT2D eigenvalue weighted by atomic mass is 10.1. The molecule has 0 saturated carbocycles. The summed E-state index contributed by atoms with van der Waals surface area (Å²) in [6, 6.07) is 17.5. The molecule has 2 heterocycles. The molecule has 150 valence electrons. The quantitative estimate of drug-likeness (QED) is 0.489. The van der Waals surface area contributed by atoms with E-state index in [1.165, 1.54) is 18.3 Å². The zero-order chi connectivity index (χ0) is 21.1. The minimum Gasteiger partial charge on any atom is -0.324 e. The van der Waals surface area contributed by atoms with Gasteiger partial charge >= 0.3 is 0 Å². The molecular formula is C23H20N4O2S. The Bertz CT molecular complexity index is 1230. The lowest BCUT2D eigenvalue weighted by Crippen LogP contribution is -2.15. The highest BCUT2D eigenvalue weighted by Crippen LogP contribution is 2.31. The molecule has 0 bridgehead atoms. The Labute approximate surface area is 178 Å². The van der Waals surface area contributed by atoms with Crippen LogP contribution in [-0.2, 0) is 16.0 Å². The van der Waals surface area contributed by atoms with Crippen molar-refractivity contribution in [3.05, 3.63) is 72.1 Å². The van der Waals surface area contributed by atoms with Gasteiger partial charge in [-0.2, -0.15) is 0 Å². The zero-order valence-corrected chi connectivity index (χ0v) is 17.4. The predicted molar refractivity (Wildman–Crippen MR) is 121 cm³/mol. The summed E-state index contributed by atoms with van der Waals surface area (Å²) in [4.78, 5) is 32.6. The van der Waals surface area contributed by atoms with Crippen LogP contribution < -0.4 is 10.6 Å². The summed E-state index contributed by atoms with van der Waals surface area (Å²) in [5, 5.41) is 6.27. The molecule has 0 radical (unpaired) electrons. The SMILES string of the molecule is CC(=O)Nc1nc2ccc(-c3cnc(C)c(NC(=O)Cc4ccccc4)c3)cc2s1. The van der Waals surface area contributed by atoms with Gasteiger partial charge in [-0.25, -0.2) is 4.98 Å². The normalized spacial score (nSPS) is 10.7. The maximum atomic E-state index is 12.5. The number of aryl methyl sites for hydroxylation is 1. The summed E-state index contributed by atoms with van der Waals surface area (Å²) in [7, 11) is 0. The van der Waals surface area contributed by atoms with Gasteiger partial charge in [0.1, 0.15) is 0 Å². The van der Waals surface area contributed by atoms with E-state index in [-0.39, 0.29) is 11.8 Å². The van der Waals surface area contributed by atoms with E-state index in [0.29, 0.717) is 17.2 Å². The first-order valence-corrected chi connectivity index (χ1v) is 10.3. The lowest BCUT2D eigenvalue weighted by Gasteiger charge is -2.10. The van der Waals surface area contributed by atoms with Crippen molar-refractivity contribution in [2.24, 2.45) is 0 Å². The van der Waals surface area contributed by atoms with Crippen molar-refractivity contribution in [3.63, 3.8) is 0 Å². The summed E-state index contributed by atoms with van der Waals surface area (Å²) in [5.41, 5.74) is 5.09. The Balaban J connectivity index is 1.57. The van der Waals surface area contributed by atoms with Crippen LogP contribution in [0.1, 0.15) is 18.2 Å². The number of fused-ring (bicyclic) bond motifs is 1. The van der Waals surface area contributed by atoms with Gasteiger partial charge in [0.2, 0.25) is 11.8 Å². The summed E-state index contributed by atoms with van der Waals surface area (Å²) >= 11 is 1.42. The van der Waals surface area contributed by atoms with Crippen molar-refractivity contribution >= 4 is 44.2 Å². The van der Waals surface area contributed by atoms with Crippen molar-refractivity contribution in [2.45, 2.75) is 20.3 Å².